The molecule has 0 amide bonds. The molecule has 0 spiro atoms. The Morgan fingerprint density at radius 2 is 2.04 bits per heavy atom. The molecule has 1 N–H and O–H groups in total. The van der Waals surface area contributed by atoms with Gasteiger partial charge in [0.05, 0.1) is 11.7 Å². The van der Waals surface area contributed by atoms with E-state index in [9.17, 15) is 9.90 Å². The number of benzene rings is 1. The van der Waals surface area contributed by atoms with E-state index in [4.69, 9.17) is 9.47 Å². The minimum Gasteiger partial charge on any atom is -0.456 e. The molecule has 4 heteroatoms. The summed E-state index contributed by atoms with van der Waals surface area (Å²) in [6, 6.07) is 9.66. The van der Waals surface area contributed by atoms with Crippen molar-refractivity contribution in [1.29, 1.82) is 0 Å². The summed E-state index contributed by atoms with van der Waals surface area (Å²) in [5, 5.41) is 10.9. The third kappa shape index (κ3) is 4.92. The monoisotopic (exact) mass is 384 g/mol. The van der Waals surface area contributed by atoms with Crippen molar-refractivity contribution in [3.63, 3.8) is 0 Å². The zero-order valence-electron chi connectivity index (χ0n) is 17.3. The number of carbonyl (C=O) groups is 1. The van der Waals surface area contributed by atoms with Gasteiger partial charge in [0, 0.05) is 12.0 Å². The number of fused-ring (bicyclic) bond motifs is 1. The van der Waals surface area contributed by atoms with Crippen LogP contribution in [-0.2, 0) is 14.3 Å². The van der Waals surface area contributed by atoms with Gasteiger partial charge in [-0.25, -0.2) is 4.79 Å². The Labute approximate surface area is 168 Å². The van der Waals surface area contributed by atoms with Crippen LogP contribution in [0.25, 0.3) is 6.08 Å². The standard InChI is InChI=1S/C24H32O4/c1-16(2)21-19(25)15-17(3)9-8-14-24(4)23(28-24)22(21)27-20(26)13-12-18-10-6-5-7-11-18/h5-7,9-13,16,19,21-23,25H,8,14-15H2,1-4H3. The molecule has 0 saturated carbocycles. The van der Waals surface area contributed by atoms with Gasteiger partial charge in [-0.3, -0.25) is 0 Å². The second-order valence-electron chi connectivity index (χ2n) is 8.68. The smallest absolute Gasteiger partial charge is 0.331 e. The van der Waals surface area contributed by atoms with Crippen LogP contribution in [0, 0.1) is 11.8 Å². The fourth-order valence-corrected chi connectivity index (χ4v) is 4.31. The molecule has 5 unspecified atom stereocenters. The zero-order chi connectivity index (χ0) is 20.3. The number of ether oxygens (including phenoxy) is 2. The Balaban J connectivity index is 1.81. The zero-order valence-corrected chi connectivity index (χ0v) is 17.3. The number of hydrogen-bond donors (Lipinski definition) is 1. The van der Waals surface area contributed by atoms with Crippen LogP contribution < -0.4 is 0 Å². The third-order valence-electron chi connectivity index (χ3n) is 5.96. The molecular formula is C24H32O4. The van der Waals surface area contributed by atoms with Crippen molar-refractivity contribution in [2.75, 3.05) is 0 Å². The van der Waals surface area contributed by atoms with Crippen molar-refractivity contribution >= 4 is 12.0 Å². The number of rotatable bonds is 4. The summed E-state index contributed by atoms with van der Waals surface area (Å²) in [5.74, 6) is -0.414. The second kappa shape index (κ2) is 8.62. The van der Waals surface area contributed by atoms with Gasteiger partial charge in [0.2, 0.25) is 0 Å². The van der Waals surface area contributed by atoms with E-state index in [-0.39, 0.29) is 23.5 Å². The van der Waals surface area contributed by atoms with Gasteiger partial charge >= 0.3 is 5.97 Å². The maximum atomic E-state index is 12.6. The molecule has 28 heavy (non-hydrogen) atoms. The van der Waals surface area contributed by atoms with Gasteiger partial charge in [0.1, 0.15) is 12.2 Å². The number of esters is 1. The van der Waals surface area contributed by atoms with Gasteiger partial charge in [-0.15, -0.1) is 0 Å². The first-order valence-electron chi connectivity index (χ1n) is 10.3. The lowest BCUT2D eigenvalue weighted by Crippen LogP contribution is -2.43. The van der Waals surface area contributed by atoms with Gasteiger partial charge < -0.3 is 14.6 Å². The molecule has 1 heterocycles. The van der Waals surface area contributed by atoms with Crippen LogP contribution in [0.2, 0.25) is 0 Å². The summed E-state index contributed by atoms with van der Waals surface area (Å²) in [5.41, 5.74) is 1.82. The largest absolute Gasteiger partial charge is 0.456 e. The Morgan fingerprint density at radius 3 is 2.71 bits per heavy atom. The predicted molar refractivity (Wildman–Crippen MR) is 111 cm³/mol. The molecule has 5 atom stereocenters. The number of allylic oxidation sites excluding steroid dienone is 1. The number of epoxide rings is 1. The molecule has 0 radical (unpaired) electrons. The summed E-state index contributed by atoms with van der Waals surface area (Å²) in [6.07, 6.45) is 6.61. The number of aliphatic hydroxyl groups is 1. The highest BCUT2D eigenvalue weighted by Crippen LogP contribution is 2.47. The highest BCUT2D eigenvalue weighted by molar-refractivity contribution is 5.87. The number of aliphatic hydroxyl groups excluding tert-OH is 1. The molecule has 2 aliphatic rings. The Kier molecular flexibility index (Phi) is 6.41. The molecule has 1 aliphatic carbocycles. The molecule has 1 fully saturated rings. The van der Waals surface area contributed by atoms with Gasteiger partial charge in [0.15, 0.2) is 0 Å². The second-order valence-corrected chi connectivity index (χ2v) is 8.68. The first kappa shape index (κ1) is 20.8. The molecule has 152 valence electrons. The molecule has 0 bridgehead atoms. The first-order valence-corrected chi connectivity index (χ1v) is 10.3. The van der Waals surface area contributed by atoms with E-state index in [1.807, 2.05) is 30.3 Å². The lowest BCUT2D eigenvalue weighted by atomic mass is 9.78. The minimum atomic E-state index is -0.571. The fourth-order valence-electron chi connectivity index (χ4n) is 4.31. The van der Waals surface area contributed by atoms with Crippen LogP contribution in [0.15, 0.2) is 48.1 Å². The maximum Gasteiger partial charge on any atom is 0.331 e. The molecule has 1 aromatic carbocycles. The molecule has 1 aliphatic heterocycles. The molecule has 0 aromatic heterocycles. The molecule has 3 rings (SSSR count). The highest BCUT2D eigenvalue weighted by atomic mass is 16.6. The Bertz CT molecular complexity index is 736. The van der Waals surface area contributed by atoms with Crippen LogP contribution in [0.5, 0.6) is 0 Å². The third-order valence-corrected chi connectivity index (χ3v) is 5.96. The van der Waals surface area contributed by atoms with Crippen LogP contribution in [-0.4, -0.2) is 35.0 Å². The lowest BCUT2D eigenvalue weighted by Gasteiger charge is -2.34. The van der Waals surface area contributed by atoms with E-state index in [1.165, 1.54) is 11.6 Å². The molecular weight excluding hydrogens is 352 g/mol. The summed E-state index contributed by atoms with van der Waals surface area (Å²) in [7, 11) is 0. The summed E-state index contributed by atoms with van der Waals surface area (Å²) in [6.45, 7) is 8.27. The maximum absolute atomic E-state index is 12.6. The van der Waals surface area contributed by atoms with Gasteiger partial charge in [-0.1, -0.05) is 55.8 Å². The molecule has 1 aromatic rings. The van der Waals surface area contributed by atoms with Crippen LogP contribution in [0.3, 0.4) is 0 Å². The van der Waals surface area contributed by atoms with Crippen LogP contribution >= 0.6 is 0 Å². The summed E-state index contributed by atoms with van der Waals surface area (Å²) in [4.78, 5) is 12.6. The van der Waals surface area contributed by atoms with Crippen molar-refractivity contribution in [3.8, 4) is 0 Å². The molecule has 4 nitrogen and oxygen atoms in total. The number of carbonyl (C=O) groups excluding carboxylic acids is 1. The van der Waals surface area contributed by atoms with E-state index in [2.05, 4.69) is 33.8 Å². The van der Waals surface area contributed by atoms with Gasteiger partial charge in [0.25, 0.3) is 0 Å². The van der Waals surface area contributed by atoms with Gasteiger partial charge in [-0.05, 0) is 50.7 Å². The van der Waals surface area contributed by atoms with E-state index < -0.39 is 18.2 Å². The predicted octanol–water partition coefficient (Wildman–Crippen LogP) is 4.53. The van der Waals surface area contributed by atoms with Crippen molar-refractivity contribution < 1.29 is 19.4 Å². The van der Waals surface area contributed by atoms with E-state index in [1.54, 1.807) is 6.08 Å². The van der Waals surface area contributed by atoms with E-state index in [0.717, 1.165) is 18.4 Å². The Morgan fingerprint density at radius 1 is 1.32 bits per heavy atom. The topological polar surface area (TPSA) is 59.1 Å². The van der Waals surface area contributed by atoms with Crippen molar-refractivity contribution in [2.24, 2.45) is 11.8 Å². The Hall–Kier alpha value is -1.91. The van der Waals surface area contributed by atoms with Crippen molar-refractivity contribution in [2.45, 2.75) is 70.9 Å². The molecule has 1 saturated heterocycles. The number of hydrogen-bond acceptors (Lipinski definition) is 4. The average Bonchev–Trinajstić information content (AvgIpc) is 3.30. The lowest BCUT2D eigenvalue weighted by molar-refractivity contribution is -0.151. The van der Waals surface area contributed by atoms with E-state index in [0.29, 0.717) is 6.42 Å². The van der Waals surface area contributed by atoms with Crippen LogP contribution in [0.1, 0.15) is 52.5 Å². The SMILES string of the molecule is CC1=CCCC2(C)OC2C(OC(=O)C=Cc2ccccc2)C(C(C)C)C(O)C1. The van der Waals surface area contributed by atoms with Crippen molar-refractivity contribution in [3.05, 3.63) is 53.6 Å². The quantitative estimate of drug-likeness (QED) is 0.359. The minimum absolute atomic E-state index is 0.159. The summed E-state index contributed by atoms with van der Waals surface area (Å²) < 4.78 is 11.9. The first-order chi connectivity index (χ1) is 13.3. The highest BCUT2D eigenvalue weighted by Gasteiger charge is 2.60. The summed E-state index contributed by atoms with van der Waals surface area (Å²) >= 11 is 0. The van der Waals surface area contributed by atoms with E-state index >= 15 is 0 Å². The fraction of sp³-hybridized carbons (Fsp3) is 0.542. The van der Waals surface area contributed by atoms with Crippen LogP contribution in [0.4, 0.5) is 0 Å². The van der Waals surface area contributed by atoms with Crippen molar-refractivity contribution in [1.82, 2.24) is 0 Å². The van der Waals surface area contributed by atoms with Gasteiger partial charge in [-0.2, -0.15) is 0 Å². The normalized spacial score (nSPS) is 33.3. The average molecular weight is 385 g/mol.